The maximum atomic E-state index is 12.9. The van der Waals surface area contributed by atoms with Gasteiger partial charge in [0.25, 0.3) is 6.47 Å². The van der Waals surface area contributed by atoms with Crippen LogP contribution in [0.4, 0.5) is 10.1 Å². The van der Waals surface area contributed by atoms with Crippen LogP contribution in [-0.4, -0.2) is 38.6 Å². The Bertz CT molecular complexity index is 526. The Morgan fingerprint density at radius 1 is 1.45 bits per heavy atom. The number of ether oxygens (including phenoxy) is 2. The second-order valence-corrected chi connectivity index (χ2v) is 4.34. The number of likely N-dealkylation sites (N-methyl/N-ethyl adjacent to an activating group) is 1. The standard InChI is InChI=1S/C14H14FNO4/c1-16(11-4-2-10(15)3-5-11)13(7-20-9-17)12-6-19-8-14(12)18/h2-6,9,13H,7-8H2,1H3. The lowest BCUT2D eigenvalue weighted by atomic mass is 10.0. The largest absolute Gasteiger partial charge is 0.493 e. The van der Waals surface area contributed by atoms with Crippen LogP contribution in [0.15, 0.2) is 36.1 Å². The molecule has 20 heavy (non-hydrogen) atoms. The topological polar surface area (TPSA) is 55.8 Å². The number of hydrogen-bond donors (Lipinski definition) is 0. The van der Waals surface area contributed by atoms with Crippen molar-refractivity contribution in [2.24, 2.45) is 0 Å². The van der Waals surface area contributed by atoms with Crippen molar-refractivity contribution in [3.05, 3.63) is 41.9 Å². The lowest BCUT2D eigenvalue weighted by Crippen LogP contribution is -2.39. The van der Waals surface area contributed by atoms with Crippen LogP contribution in [0, 0.1) is 5.82 Å². The van der Waals surface area contributed by atoms with Gasteiger partial charge >= 0.3 is 0 Å². The Balaban J connectivity index is 2.23. The quantitative estimate of drug-likeness (QED) is 0.734. The molecule has 1 atom stereocenters. The van der Waals surface area contributed by atoms with E-state index in [1.807, 2.05) is 0 Å². The van der Waals surface area contributed by atoms with Crippen LogP contribution in [0.1, 0.15) is 0 Å². The average Bonchev–Trinajstić information content (AvgIpc) is 2.86. The first kappa shape index (κ1) is 14.0. The summed E-state index contributed by atoms with van der Waals surface area (Å²) in [6, 6.07) is 5.35. The number of benzene rings is 1. The molecule has 106 valence electrons. The minimum Gasteiger partial charge on any atom is -0.493 e. The zero-order valence-electron chi connectivity index (χ0n) is 10.9. The van der Waals surface area contributed by atoms with Gasteiger partial charge in [-0.25, -0.2) is 4.39 Å². The van der Waals surface area contributed by atoms with E-state index >= 15 is 0 Å². The highest BCUT2D eigenvalue weighted by molar-refractivity contribution is 5.99. The smallest absolute Gasteiger partial charge is 0.293 e. The van der Waals surface area contributed by atoms with Gasteiger partial charge in [-0.15, -0.1) is 0 Å². The minimum absolute atomic E-state index is 0.00974. The SMILES string of the molecule is CN(c1ccc(F)cc1)C(COC=O)C1=COCC1=O. The van der Waals surface area contributed by atoms with Crippen LogP contribution < -0.4 is 4.90 Å². The fraction of sp³-hybridized carbons (Fsp3) is 0.286. The summed E-state index contributed by atoms with van der Waals surface area (Å²) in [7, 11) is 1.73. The number of rotatable bonds is 6. The van der Waals surface area contributed by atoms with Crippen LogP contribution in [0.2, 0.25) is 0 Å². The summed E-state index contributed by atoms with van der Waals surface area (Å²) in [6.45, 7) is 0.328. The van der Waals surface area contributed by atoms with Crippen LogP contribution in [0.3, 0.4) is 0 Å². The second kappa shape index (κ2) is 6.18. The first-order valence-electron chi connectivity index (χ1n) is 6.02. The number of hydrogen-bond acceptors (Lipinski definition) is 5. The number of carbonyl (C=O) groups is 2. The van der Waals surface area contributed by atoms with Crippen LogP contribution >= 0.6 is 0 Å². The Labute approximate surface area is 115 Å². The highest BCUT2D eigenvalue weighted by atomic mass is 19.1. The molecule has 5 nitrogen and oxygen atoms in total. The van der Waals surface area contributed by atoms with Crippen molar-refractivity contribution in [1.29, 1.82) is 0 Å². The molecule has 0 amide bonds. The predicted molar refractivity (Wildman–Crippen MR) is 69.6 cm³/mol. The van der Waals surface area contributed by atoms with Gasteiger partial charge in [-0.3, -0.25) is 9.59 Å². The molecule has 0 aromatic heterocycles. The molecular weight excluding hydrogens is 265 g/mol. The molecule has 2 rings (SSSR count). The molecule has 0 saturated carbocycles. The fourth-order valence-corrected chi connectivity index (χ4v) is 2.02. The lowest BCUT2D eigenvalue weighted by Gasteiger charge is -2.29. The van der Waals surface area contributed by atoms with Gasteiger partial charge in [-0.05, 0) is 24.3 Å². The van der Waals surface area contributed by atoms with E-state index in [0.717, 1.165) is 0 Å². The summed E-state index contributed by atoms with van der Waals surface area (Å²) in [5.41, 5.74) is 1.13. The molecule has 0 spiro atoms. The normalized spacial score (nSPS) is 15.3. The Kier molecular flexibility index (Phi) is 4.34. The monoisotopic (exact) mass is 279 g/mol. The second-order valence-electron chi connectivity index (χ2n) is 4.34. The summed E-state index contributed by atoms with van der Waals surface area (Å²) < 4.78 is 22.7. The Morgan fingerprint density at radius 3 is 2.70 bits per heavy atom. The van der Waals surface area contributed by atoms with E-state index in [2.05, 4.69) is 0 Å². The van der Waals surface area contributed by atoms with Gasteiger partial charge < -0.3 is 14.4 Å². The van der Waals surface area contributed by atoms with Gasteiger partial charge in [0, 0.05) is 12.7 Å². The van der Waals surface area contributed by atoms with E-state index in [0.29, 0.717) is 17.7 Å². The molecule has 1 unspecified atom stereocenters. The molecule has 0 N–H and O–H groups in total. The van der Waals surface area contributed by atoms with Gasteiger partial charge in [0.2, 0.25) is 5.78 Å². The van der Waals surface area contributed by atoms with Crippen molar-refractivity contribution in [1.82, 2.24) is 0 Å². The number of Topliss-reactive ketones (excluding diaryl/α,β-unsaturated/α-hetero) is 1. The molecular formula is C14H14FNO4. The van der Waals surface area contributed by atoms with E-state index in [9.17, 15) is 14.0 Å². The minimum atomic E-state index is -0.472. The maximum absolute atomic E-state index is 12.9. The first-order chi connectivity index (χ1) is 9.63. The van der Waals surface area contributed by atoms with Gasteiger partial charge in [0.1, 0.15) is 12.4 Å². The molecule has 0 fully saturated rings. The Morgan fingerprint density at radius 2 is 2.15 bits per heavy atom. The lowest BCUT2D eigenvalue weighted by molar-refractivity contribution is -0.129. The van der Waals surface area contributed by atoms with Gasteiger partial charge in [-0.1, -0.05) is 0 Å². The zero-order valence-corrected chi connectivity index (χ0v) is 10.9. The molecule has 0 bridgehead atoms. The van der Waals surface area contributed by atoms with Gasteiger partial charge in [-0.2, -0.15) is 0 Å². The number of halogens is 1. The highest BCUT2D eigenvalue weighted by Gasteiger charge is 2.29. The van der Waals surface area contributed by atoms with Crippen molar-refractivity contribution < 1.29 is 23.5 Å². The van der Waals surface area contributed by atoms with E-state index in [-0.39, 0.29) is 24.8 Å². The summed E-state index contributed by atoms with van der Waals surface area (Å²) >= 11 is 0. The summed E-state index contributed by atoms with van der Waals surface area (Å²) in [5, 5.41) is 0. The van der Waals surface area contributed by atoms with Crippen molar-refractivity contribution in [3.63, 3.8) is 0 Å². The maximum Gasteiger partial charge on any atom is 0.293 e. The molecule has 1 aromatic rings. The third-order valence-electron chi connectivity index (χ3n) is 3.13. The third kappa shape index (κ3) is 2.96. The number of anilines is 1. The molecule has 1 aliphatic rings. The van der Waals surface area contributed by atoms with Crippen molar-refractivity contribution in [3.8, 4) is 0 Å². The van der Waals surface area contributed by atoms with E-state index < -0.39 is 6.04 Å². The van der Waals surface area contributed by atoms with Crippen LogP contribution in [0.5, 0.6) is 0 Å². The zero-order chi connectivity index (χ0) is 14.5. The summed E-state index contributed by atoms with van der Waals surface area (Å²) in [5.74, 6) is -0.499. The molecule has 0 aliphatic carbocycles. The van der Waals surface area contributed by atoms with Gasteiger partial charge in [0.05, 0.1) is 17.9 Å². The molecule has 1 aliphatic heterocycles. The third-order valence-corrected chi connectivity index (χ3v) is 3.13. The average molecular weight is 279 g/mol. The van der Waals surface area contributed by atoms with E-state index in [1.54, 1.807) is 24.1 Å². The highest BCUT2D eigenvalue weighted by Crippen LogP contribution is 2.22. The molecule has 6 heteroatoms. The predicted octanol–water partition coefficient (Wildman–Crippen LogP) is 1.29. The summed E-state index contributed by atoms with van der Waals surface area (Å²) in [6.07, 6.45) is 1.38. The number of nitrogens with zero attached hydrogens (tertiary/aromatic N) is 1. The van der Waals surface area contributed by atoms with Crippen molar-refractivity contribution in [2.75, 3.05) is 25.2 Å². The number of carbonyl (C=O) groups excluding carboxylic acids is 2. The molecule has 1 aromatic carbocycles. The van der Waals surface area contributed by atoms with Crippen molar-refractivity contribution in [2.45, 2.75) is 6.04 Å². The number of ketones is 1. The van der Waals surface area contributed by atoms with E-state index in [1.165, 1.54) is 18.4 Å². The Hall–Kier alpha value is -2.37. The summed E-state index contributed by atoms with van der Waals surface area (Å²) in [4.78, 5) is 23.9. The van der Waals surface area contributed by atoms with Crippen LogP contribution in [0.25, 0.3) is 0 Å². The van der Waals surface area contributed by atoms with Crippen molar-refractivity contribution >= 4 is 17.9 Å². The van der Waals surface area contributed by atoms with E-state index in [4.69, 9.17) is 9.47 Å². The molecule has 0 saturated heterocycles. The molecule has 1 heterocycles. The fourth-order valence-electron chi connectivity index (χ4n) is 2.02. The van der Waals surface area contributed by atoms with Gasteiger partial charge in [0.15, 0.2) is 6.61 Å². The first-order valence-corrected chi connectivity index (χ1v) is 6.02. The molecule has 0 radical (unpaired) electrons. The van der Waals surface area contributed by atoms with Crippen LogP contribution in [-0.2, 0) is 19.1 Å².